The number of rotatable bonds is 2. The van der Waals surface area contributed by atoms with Crippen molar-refractivity contribution in [1.82, 2.24) is 9.80 Å². The third-order valence-electron chi connectivity index (χ3n) is 3.76. The number of hydrogen-bond acceptors (Lipinski definition) is 3. The lowest BCUT2D eigenvalue weighted by Crippen LogP contribution is -2.47. The average molecular weight is 292 g/mol. The molecule has 0 aliphatic carbocycles. The summed E-state index contributed by atoms with van der Waals surface area (Å²) in [6, 6.07) is 0. The molecule has 2 aliphatic rings. The summed E-state index contributed by atoms with van der Waals surface area (Å²) in [5, 5.41) is 0. The van der Waals surface area contributed by atoms with Gasteiger partial charge in [-0.2, -0.15) is 13.2 Å². The maximum Gasteiger partial charge on any atom is 0.391 e. The van der Waals surface area contributed by atoms with E-state index < -0.39 is 29.8 Å². The highest BCUT2D eigenvalue weighted by Crippen LogP contribution is 2.34. The number of piperidine rings is 1. The highest BCUT2D eigenvalue weighted by Gasteiger charge is 2.42. The van der Waals surface area contributed by atoms with Crippen molar-refractivity contribution in [2.24, 2.45) is 5.92 Å². The van der Waals surface area contributed by atoms with E-state index in [9.17, 15) is 27.6 Å². The van der Waals surface area contributed by atoms with E-state index in [4.69, 9.17) is 0 Å². The minimum Gasteiger partial charge on any atom is -0.341 e. The quantitative estimate of drug-likeness (QED) is 0.712. The molecule has 2 saturated heterocycles. The Morgan fingerprint density at radius 3 is 2.05 bits per heavy atom. The maximum absolute atomic E-state index is 12.5. The van der Waals surface area contributed by atoms with Gasteiger partial charge in [0.15, 0.2) is 0 Å². The van der Waals surface area contributed by atoms with Gasteiger partial charge >= 0.3 is 6.18 Å². The van der Waals surface area contributed by atoms with Gasteiger partial charge in [-0.15, -0.1) is 0 Å². The van der Waals surface area contributed by atoms with Crippen molar-refractivity contribution in [3.8, 4) is 0 Å². The number of carbonyl (C=O) groups excluding carboxylic acids is 3. The summed E-state index contributed by atoms with van der Waals surface area (Å²) in [6.07, 6.45) is -4.28. The smallest absolute Gasteiger partial charge is 0.341 e. The van der Waals surface area contributed by atoms with Gasteiger partial charge in [0.05, 0.1) is 5.92 Å². The predicted molar refractivity (Wildman–Crippen MR) is 61.3 cm³/mol. The van der Waals surface area contributed by atoms with Crippen LogP contribution in [0.4, 0.5) is 13.2 Å². The zero-order chi connectivity index (χ0) is 14.9. The Balaban J connectivity index is 1.86. The van der Waals surface area contributed by atoms with Crippen LogP contribution in [0.1, 0.15) is 25.7 Å². The molecule has 0 atom stereocenters. The summed E-state index contributed by atoms with van der Waals surface area (Å²) in [5.41, 5.74) is 0. The molecular weight excluding hydrogens is 277 g/mol. The lowest BCUT2D eigenvalue weighted by molar-refractivity contribution is -0.186. The molecule has 2 rings (SSSR count). The van der Waals surface area contributed by atoms with Crippen LogP contribution >= 0.6 is 0 Å². The van der Waals surface area contributed by atoms with E-state index in [1.54, 1.807) is 0 Å². The lowest BCUT2D eigenvalue weighted by Gasteiger charge is -2.33. The third kappa shape index (κ3) is 3.10. The van der Waals surface area contributed by atoms with Gasteiger partial charge in [0.25, 0.3) is 0 Å². The molecule has 2 fully saturated rings. The Morgan fingerprint density at radius 1 is 1.10 bits per heavy atom. The molecule has 0 spiro atoms. The highest BCUT2D eigenvalue weighted by atomic mass is 19.4. The second-order valence-corrected chi connectivity index (χ2v) is 5.07. The first-order valence-electron chi connectivity index (χ1n) is 6.46. The molecule has 3 amide bonds. The number of alkyl halides is 3. The second kappa shape index (κ2) is 5.41. The molecule has 8 heteroatoms. The van der Waals surface area contributed by atoms with Crippen LogP contribution in [-0.2, 0) is 14.4 Å². The summed E-state index contributed by atoms with van der Waals surface area (Å²) in [7, 11) is 0. The van der Waals surface area contributed by atoms with Crippen LogP contribution in [-0.4, -0.2) is 53.3 Å². The highest BCUT2D eigenvalue weighted by molar-refractivity contribution is 6.04. The minimum atomic E-state index is -4.23. The largest absolute Gasteiger partial charge is 0.391 e. The fourth-order valence-corrected chi connectivity index (χ4v) is 2.49. The first kappa shape index (κ1) is 14.8. The van der Waals surface area contributed by atoms with Gasteiger partial charge in [-0.3, -0.25) is 19.3 Å². The molecule has 112 valence electrons. The van der Waals surface area contributed by atoms with Gasteiger partial charge < -0.3 is 4.90 Å². The molecule has 2 heterocycles. The number of halogens is 3. The van der Waals surface area contributed by atoms with Crippen LogP contribution in [0.15, 0.2) is 0 Å². The van der Waals surface area contributed by atoms with Gasteiger partial charge in [0, 0.05) is 25.9 Å². The van der Waals surface area contributed by atoms with Crippen molar-refractivity contribution in [2.45, 2.75) is 31.9 Å². The van der Waals surface area contributed by atoms with E-state index in [0.29, 0.717) is 0 Å². The molecule has 5 nitrogen and oxygen atoms in total. The summed E-state index contributed by atoms with van der Waals surface area (Å²) >= 11 is 0. The van der Waals surface area contributed by atoms with Gasteiger partial charge in [-0.05, 0) is 12.8 Å². The van der Waals surface area contributed by atoms with Gasteiger partial charge in [-0.1, -0.05) is 0 Å². The first-order chi connectivity index (χ1) is 9.29. The SMILES string of the molecule is O=C(CN1C(=O)CCC1=O)N1CCC(C(F)(F)F)CC1. The Morgan fingerprint density at radius 2 is 1.60 bits per heavy atom. The van der Waals surface area contributed by atoms with Crippen LogP contribution in [0.5, 0.6) is 0 Å². The van der Waals surface area contributed by atoms with Crippen molar-refractivity contribution in [3.63, 3.8) is 0 Å². The number of nitrogens with zero attached hydrogens (tertiary/aromatic N) is 2. The zero-order valence-electron chi connectivity index (χ0n) is 10.8. The zero-order valence-corrected chi connectivity index (χ0v) is 10.8. The summed E-state index contributed by atoms with van der Waals surface area (Å²) in [6.45, 7) is -0.327. The van der Waals surface area contributed by atoms with Crippen LogP contribution in [0.3, 0.4) is 0 Å². The third-order valence-corrected chi connectivity index (χ3v) is 3.76. The molecule has 0 aromatic rings. The summed E-state index contributed by atoms with van der Waals surface area (Å²) in [4.78, 5) is 36.8. The molecule has 0 aromatic carbocycles. The monoisotopic (exact) mass is 292 g/mol. The van der Waals surface area contributed by atoms with E-state index in [1.165, 1.54) is 4.90 Å². The van der Waals surface area contributed by atoms with Gasteiger partial charge in [0.2, 0.25) is 17.7 Å². The molecule has 2 aliphatic heterocycles. The van der Waals surface area contributed by atoms with E-state index in [0.717, 1.165) is 4.90 Å². The summed E-state index contributed by atoms with van der Waals surface area (Å²) < 4.78 is 37.5. The van der Waals surface area contributed by atoms with Gasteiger partial charge in [0.1, 0.15) is 6.54 Å². The van der Waals surface area contributed by atoms with Crippen molar-refractivity contribution in [3.05, 3.63) is 0 Å². The molecular formula is C12H15F3N2O3. The van der Waals surface area contributed by atoms with Crippen LogP contribution in [0, 0.1) is 5.92 Å². The van der Waals surface area contributed by atoms with Gasteiger partial charge in [-0.25, -0.2) is 0 Å². The standard InChI is InChI=1S/C12H15F3N2O3/c13-12(14,15)8-3-5-16(6-4-8)11(20)7-17-9(18)1-2-10(17)19/h8H,1-7H2. The van der Waals surface area contributed by atoms with Crippen LogP contribution in [0.25, 0.3) is 0 Å². The number of amides is 3. The van der Waals surface area contributed by atoms with E-state index in [1.807, 2.05) is 0 Å². The van der Waals surface area contributed by atoms with Crippen molar-refractivity contribution in [1.29, 1.82) is 0 Å². The first-order valence-corrected chi connectivity index (χ1v) is 6.46. The Kier molecular flexibility index (Phi) is 4.01. The molecule has 0 radical (unpaired) electrons. The summed E-state index contributed by atoms with van der Waals surface area (Å²) in [5.74, 6) is -2.63. The molecule has 20 heavy (non-hydrogen) atoms. The Hall–Kier alpha value is -1.60. The average Bonchev–Trinajstić information content (AvgIpc) is 2.69. The second-order valence-electron chi connectivity index (χ2n) is 5.07. The van der Waals surface area contributed by atoms with E-state index in [2.05, 4.69) is 0 Å². The predicted octanol–water partition coefficient (Wildman–Crippen LogP) is 0.936. The van der Waals surface area contributed by atoms with Crippen LogP contribution < -0.4 is 0 Å². The lowest BCUT2D eigenvalue weighted by atomic mass is 9.96. The number of carbonyl (C=O) groups is 3. The number of hydrogen-bond donors (Lipinski definition) is 0. The molecule has 0 saturated carbocycles. The fourth-order valence-electron chi connectivity index (χ4n) is 2.49. The molecule has 0 aromatic heterocycles. The van der Waals surface area contributed by atoms with Crippen molar-refractivity contribution in [2.75, 3.05) is 19.6 Å². The molecule has 0 N–H and O–H groups in total. The van der Waals surface area contributed by atoms with E-state index >= 15 is 0 Å². The molecule has 0 unspecified atom stereocenters. The van der Waals surface area contributed by atoms with E-state index in [-0.39, 0.29) is 45.3 Å². The number of imide groups is 1. The Bertz CT molecular complexity index is 412. The van der Waals surface area contributed by atoms with Crippen LogP contribution in [0.2, 0.25) is 0 Å². The fraction of sp³-hybridized carbons (Fsp3) is 0.750. The van der Waals surface area contributed by atoms with Crippen molar-refractivity contribution >= 4 is 17.7 Å². The maximum atomic E-state index is 12.5. The molecule has 0 bridgehead atoms. The Labute approximate surface area is 113 Å². The van der Waals surface area contributed by atoms with Crippen molar-refractivity contribution < 1.29 is 27.6 Å². The number of likely N-dealkylation sites (tertiary alicyclic amines) is 2. The minimum absolute atomic E-state index is 0.0131. The topological polar surface area (TPSA) is 57.7 Å². The normalized spacial score (nSPS) is 21.8.